The second kappa shape index (κ2) is 9.04. The summed E-state index contributed by atoms with van der Waals surface area (Å²) in [4.78, 5) is 13.8. The highest BCUT2D eigenvalue weighted by atomic mass is 16.5. The molecule has 3 atom stereocenters. The zero-order valence-corrected chi connectivity index (χ0v) is 17.7. The molecule has 0 spiro atoms. The zero-order chi connectivity index (χ0) is 21.1. The molecule has 1 aliphatic heterocycles. The maximum Gasteiger partial charge on any atom is 0.312 e. The number of piperidine rings is 1. The minimum Gasteiger partial charge on any atom is -0.497 e. The lowest BCUT2D eigenvalue weighted by molar-refractivity contribution is 0.106. The third-order valence-corrected chi connectivity index (χ3v) is 6.73. The molecule has 160 valence electrons. The van der Waals surface area contributed by atoms with Gasteiger partial charge in [0.05, 0.1) is 7.11 Å². The number of nitrogens with two attached hydrogens (primary N) is 1. The van der Waals surface area contributed by atoms with Gasteiger partial charge in [-0.25, -0.2) is 4.79 Å². The lowest BCUT2D eigenvalue weighted by Crippen LogP contribution is -2.50. The van der Waals surface area contributed by atoms with Crippen LogP contribution >= 0.6 is 0 Å². The van der Waals surface area contributed by atoms with Crippen LogP contribution in [0.4, 0.5) is 4.79 Å². The van der Waals surface area contributed by atoms with Gasteiger partial charge in [-0.05, 0) is 79.6 Å². The Labute approximate surface area is 178 Å². The number of hydrogen-bond acceptors (Lipinski definition) is 4. The number of rotatable bonds is 5. The fraction of sp³-hybridized carbons (Fsp3) is 0.500. The number of ether oxygens (including phenoxy) is 1. The predicted molar refractivity (Wildman–Crippen MR) is 120 cm³/mol. The summed E-state index contributed by atoms with van der Waals surface area (Å²) in [5.41, 5.74) is 7.08. The number of benzene rings is 2. The molecule has 4 N–H and O–H groups in total. The third kappa shape index (κ3) is 4.59. The minimum absolute atomic E-state index is 0.179. The molecule has 1 aliphatic carbocycles. The third-order valence-electron chi connectivity index (χ3n) is 6.73. The maximum absolute atomic E-state index is 11.2. The van der Waals surface area contributed by atoms with Crippen LogP contribution in [0.5, 0.6) is 5.75 Å². The number of carbonyl (C=O) groups is 1. The maximum atomic E-state index is 11.2. The molecule has 1 heterocycles. The van der Waals surface area contributed by atoms with Gasteiger partial charge in [0, 0.05) is 30.3 Å². The van der Waals surface area contributed by atoms with E-state index < -0.39 is 6.03 Å². The van der Waals surface area contributed by atoms with E-state index in [2.05, 4.69) is 34.5 Å². The van der Waals surface area contributed by atoms with E-state index in [1.54, 1.807) is 7.11 Å². The summed E-state index contributed by atoms with van der Waals surface area (Å²) in [7, 11) is 1.68. The van der Waals surface area contributed by atoms with Crippen LogP contribution in [0.15, 0.2) is 36.4 Å². The van der Waals surface area contributed by atoms with E-state index in [4.69, 9.17) is 15.9 Å². The average Bonchev–Trinajstić information content (AvgIpc) is 2.77. The lowest BCUT2D eigenvalue weighted by Gasteiger charge is -2.42. The van der Waals surface area contributed by atoms with Crippen LogP contribution in [0.3, 0.4) is 0 Å². The number of urea groups is 1. The van der Waals surface area contributed by atoms with Gasteiger partial charge in [-0.15, -0.1) is 0 Å². The van der Waals surface area contributed by atoms with E-state index in [1.807, 2.05) is 12.1 Å². The molecule has 2 aliphatic rings. The molecule has 1 saturated heterocycles. The van der Waals surface area contributed by atoms with Gasteiger partial charge in [-0.2, -0.15) is 0 Å². The second-order valence-corrected chi connectivity index (χ2v) is 8.70. The number of likely N-dealkylation sites (tertiary alicyclic amines) is 1. The highest BCUT2D eigenvalue weighted by Gasteiger charge is 2.32. The van der Waals surface area contributed by atoms with Gasteiger partial charge in [0.1, 0.15) is 5.75 Å². The molecule has 6 heteroatoms. The van der Waals surface area contributed by atoms with Crippen LogP contribution in [-0.2, 0) is 0 Å². The fourth-order valence-corrected chi connectivity index (χ4v) is 5.16. The molecule has 2 aromatic rings. The lowest BCUT2D eigenvalue weighted by atomic mass is 9.85. The van der Waals surface area contributed by atoms with Crippen LogP contribution in [0.1, 0.15) is 44.1 Å². The van der Waals surface area contributed by atoms with Crippen molar-refractivity contribution >= 4 is 22.5 Å². The number of methoxy groups -OCH3 is 1. The Kier molecular flexibility index (Phi) is 6.23. The smallest absolute Gasteiger partial charge is 0.312 e. The van der Waals surface area contributed by atoms with Crippen LogP contribution in [0.2, 0.25) is 0 Å². The van der Waals surface area contributed by atoms with Crippen LogP contribution in [-0.4, -0.2) is 48.9 Å². The molecule has 30 heavy (non-hydrogen) atoms. The van der Waals surface area contributed by atoms with Crippen LogP contribution in [0.25, 0.3) is 10.8 Å². The Bertz CT molecular complexity index is 929. The van der Waals surface area contributed by atoms with E-state index in [1.165, 1.54) is 0 Å². The molecule has 0 aromatic heterocycles. The number of primary amides is 1. The number of hydrogen-bond donors (Lipinski definition) is 3. The van der Waals surface area contributed by atoms with E-state index in [0.29, 0.717) is 6.04 Å². The molecule has 0 radical (unpaired) electrons. The van der Waals surface area contributed by atoms with E-state index in [9.17, 15) is 4.79 Å². The van der Waals surface area contributed by atoms with E-state index >= 15 is 0 Å². The van der Waals surface area contributed by atoms with Crippen LogP contribution in [0, 0.1) is 11.3 Å². The number of amides is 2. The average molecular weight is 409 g/mol. The first-order chi connectivity index (χ1) is 14.5. The fourth-order valence-electron chi connectivity index (χ4n) is 5.16. The predicted octanol–water partition coefficient (Wildman–Crippen LogP) is 3.91. The topological polar surface area (TPSA) is 91.4 Å². The van der Waals surface area contributed by atoms with Crippen molar-refractivity contribution in [2.75, 3.05) is 20.2 Å². The Morgan fingerprint density at radius 1 is 1.13 bits per heavy atom. The summed E-state index contributed by atoms with van der Waals surface area (Å²) in [6.45, 7) is 2.00. The number of fused-ring (bicyclic) bond motifs is 1. The van der Waals surface area contributed by atoms with Crippen molar-refractivity contribution in [2.45, 2.75) is 50.6 Å². The van der Waals surface area contributed by atoms with Gasteiger partial charge >= 0.3 is 6.03 Å². The molecule has 3 unspecified atom stereocenters. The SMILES string of the molecule is COc1ccc2cc(C(=N)C3CCCN(C4CCCC(NC(N)=O)C4)C3)ccc2c1. The van der Waals surface area contributed by atoms with Gasteiger partial charge in [-0.3, -0.25) is 4.90 Å². The van der Waals surface area contributed by atoms with Gasteiger partial charge in [0.25, 0.3) is 0 Å². The van der Waals surface area contributed by atoms with Crippen molar-refractivity contribution in [3.8, 4) is 5.75 Å². The van der Waals surface area contributed by atoms with Gasteiger partial charge < -0.3 is 21.2 Å². The highest BCUT2D eigenvalue weighted by molar-refractivity contribution is 6.03. The molecule has 4 rings (SSSR count). The molecule has 6 nitrogen and oxygen atoms in total. The van der Waals surface area contributed by atoms with Crippen molar-refractivity contribution in [2.24, 2.45) is 11.7 Å². The van der Waals surface area contributed by atoms with Gasteiger partial charge in [-0.1, -0.05) is 18.2 Å². The zero-order valence-electron chi connectivity index (χ0n) is 17.7. The molecule has 1 saturated carbocycles. The number of nitrogens with zero attached hydrogens (tertiary/aromatic N) is 1. The van der Waals surface area contributed by atoms with E-state index in [0.717, 1.165) is 79.4 Å². The Hall–Kier alpha value is -2.60. The number of carbonyl (C=O) groups excluding carboxylic acids is 1. The van der Waals surface area contributed by atoms with Crippen molar-refractivity contribution in [1.29, 1.82) is 5.41 Å². The Morgan fingerprint density at radius 2 is 1.93 bits per heavy atom. The van der Waals surface area contributed by atoms with Crippen molar-refractivity contribution in [3.63, 3.8) is 0 Å². The first kappa shape index (κ1) is 20.7. The Morgan fingerprint density at radius 3 is 2.73 bits per heavy atom. The van der Waals surface area contributed by atoms with Gasteiger partial charge in [0.2, 0.25) is 0 Å². The molecular formula is C24H32N4O2. The summed E-state index contributed by atoms with van der Waals surface area (Å²) in [6.07, 6.45) is 6.42. The molecule has 2 aromatic carbocycles. The van der Waals surface area contributed by atoms with E-state index in [-0.39, 0.29) is 12.0 Å². The second-order valence-electron chi connectivity index (χ2n) is 8.70. The monoisotopic (exact) mass is 408 g/mol. The standard InChI is InChI=1S/C24H32N4O2/c1-30-22-10-9-16-12-18(8-7-17(16)13-22)23(25)19-4-3-11-28(15-19)21-6-2-5-20(14-21)27-24(26)29/h7-10,12-13,19-21,25H,2-6,11,14-15H2,1H3,(H3,26,27,29). The summed E-state index contributed by atoms with van der Waals surface area (Å²) in [6, 6.07) is 12.6. The summed E-state index contributed by atoms with van der Waals surface area (Å²) in [5, 5.41) is 14.1. The van der Waals surface area contributed by atoms with Crippen molar-refractivity contribution in [3.05, 3.63) is 42.0 Å². The minimum atomic E-state index is -0.423. The summed E-state index contributed by atoms with van der Waals surface area (Å²) in [5.74, 6) is 1.10. The summed E-state index contributed by atoms with van der Waals surface area (Å²) < 4.78 is 5.32. The molecule has 2 fully saturated rings. The molecule has 2 amide bonds. The van der Waals surface area contributed by atoms with Crippen molar-refractivity contribution < 1.29 is 9.53 Å². The molecule has 0 bridgehead atoms. The van der Waals surface area contributed by atoms with Crippen LogP contribution < -0.4 is 15.8 Å². The largest absolute Gasteiger partial charge is 0.497 e. The quantitative estimate of drug-likeness (QED) is 0.655. The highest BCUT2D eigenvalue weighted by Crippen LogP contribution is 2.30. The first-order valence-corrected chi connectivity index (χ1v) is 11.0. The van der Waals surface area contributed by atoms with Gasteiger partial charge in [0.15, 0.2) is 0 Å². The normalized spacial score (nSPS) is 25.0. The first-order valence-electron chi connectivity index (χ1n) is 11.0. The Balaban J connectivity index is 1.44. The van der Waals surface area contributed by atoms with Crippen molar-refractivity contribution in [1.82, 2.24) is 10.2 Å². The summed E-state index contributed by atoms with van der Waals surface area (Å²) >= 11 is 0. The number of nitrogens with one attached hydrogen (secondary N) is 2. The molecular weight excluding hydrogens is 376 g/mol.